The molecule has 7 nitrogen and oxygen atoms in total. The minimum atomic E-state index is 0. The second-order valence-electron chi connectivity index (χ2n) is 6.85. The number of nitrogens with zero attached hydrogens (tertiary/aromatic N) is 3. The predicted octanol–water partition coefficient (Wildman–Crippen LogP) is 1.12. The molecule has 0 bridgehead atoms. The van der Waals surface area contributed by atoms with Crippen LogP contribution in [0.25, 0.3) is 0 Å². The van der Waals surface area contributed by atoms with Crippen LogP contribution in [-0.2, 0) is 11.3 Å². The Balaban J connectivity index is 0.00000261. The minimum absolute atomic E-state index is 0. The van der Waals surface area contributed by atoms with Crippen LogP contribution in [0.1, 0.15) is 12.0 Å². The van der Waals surface area contributed by atoms with E-state index in [0.29, 0.717) is 6.42 Å². The monoisotopic (exact) mass is 461 g/mol. The Bertz CT molecular complexity index is 708. The van der Waals surface area contributed by atoms with Crippen molar-refractivity contribution in [3.05, 3.63) is 60.2 Å². The molecule has 8 heteroatoms. The van der Waals surface area contributed by atoms with Crippen molar-refractivity contribution in [1.29, 1.82) is 0 Å². The summed E-state index contributed by atoms with van der Waals surface area (Å²) in [6, 6.07) is 18.7. The molecule has 29 heavy (non-hydrogen) atoms. The van der Waals surface area contributed by atoms with Gasteiger partial charge in [-0.2, -0.15) is 0 Å². The minimum Gasteiger partial charge on any atom is -0.870 e. The average molecular weight is 460 g/mol. The maximum Gasteiger partial charge on any atom is -0.870 e. The molecular weight excluding hydrogens is 431 g/mol. The maximum absolute atomic E-state index is 12.5. The number of amides is 1. The van der Waals surface area contributed by atoms with E-state index in [1.165, 1.54) is 9.96 Å². The van der Waals surface area contributed by atoms with Gasteiger partial charge in [0.2, 0.25) is 0 Å². The molecule has 0 aromatic heterocycles. The number of rotatable bonds is 6. The van der Waals surface area contributed by atoms with Crippen molar-refractivity contribution in [2.24, 2.45) is 0 Å². The second kappa shape index (κ2) is 13.5. The Morgan fingerprint density at radius 1 is 0.897 bits per heavy atom. The summed E-state index contributed by atoms with van der Waals surface area (Å²) in [5.41, 5.74) is 2.34. The molecule has 1 saturated heterocycles. The van der Waals surface area contributed by atoms with E-state index in [4.69, 9.17) is 0 Å². The Morgan fingerprint density at radius 3 is 2.03 bits per heavy atom. The van der Waals surface area contributed by atoms with Crippen LogP contribution in [0, 0.1) is 0 Å². The molecule has 156 valence electrons. The molecule has 3 N–H and O–H groups in total. The zero-order valence-electron chi connectivity index (χ0n) is 16.7. The summed E-state index contributed by atoms with van der Waals surface area (Å²) in [6.45, 7) is 6.06. The van der Waals surface area contributed by atoms with Crippen molar-refractivity contribution >= 4 is 32.5 Å². The molecule has 1 aliphatic rings. The average Bonchev–Trinajstić information content (AvgIpc) is 2.68. The third kappa shape index (κ3) is 8.25. The molecule has 1 aliphatic heterocycles. The van der Waals surface area contributed by atoms with Gasteiger partial charge in [-0.25, -0.2) is 0 Å². The first kappa shape index (κ1) is 27.3. The van der Waals surface area contributed by atoms with Gasteiger partial charge in [0, 0.05) is 6.54 Å². The first-order valence-corrected chi connectivity index (χ1v) is 10.2. The van der Waals surface area contributed by atoms with Gasteiger partial charge in [0.25, 0.3) is 0 Å². The predicted molar refractivity (Wildman–Crippen MR) is 114 cm³/mol. The van der Waals surface area contributed by atoms with Crippen LogP contribution in [0.15, 0.2) is 54.6 Å². The van der Waals surface area contributed by atoms with E-state index in [-0.39, 0.29) is 22.3 Å². The van der Waals surface area contributed by atoms with Crippen molar-refractivity contribution in [1.82, 2.24) is 9.80 Å². The molecule has 0 radical (unpaired) electrons. The molecule has 0 aliphatic carbocycles. The molecule has 0 saturated carbocycles. The summed E-state index contributed by atoms with van der Waals surface area (Å²) in [5.74, 6) is 0.181. The van der Waals surface area contributed by atoms with Gasteiger partial charge in [-0.15, -0.1) is 0 Å². The molecular formula is C21H29GeN3O4. The number of piperazine rings is 1. The van der Waals surface area contributed by atoms with E-state index < -0.39 is 0 Å². The SMILES string of the molecule is CN(C(=O)CCN1CCN(Cc2ccccc2)CC1)c1cc[c]([Ge+3])cc1.[OH-].[OH-].[OH-]. The quantitative estimate of drug-likeness (QED) is 0.597. The summed E-state index contributed by atoms with van der Waals surface area (Å²) in [7, 11) is 1.87. The van der Waals surface area contributed by atoms with Gasteiger partial charge in [-0.1, -0.05) is 30.3 Å². The maximum atomic E-state index is 12.5. The second-order valence-corrected chi connectivity index (χ2v) is 8.06. The van der Waals surface area contributed by atoms with E-state index in [2.05, 4.69) is 56.6 Å². The molecule has 3 rings (SSSR count). The standard InChI is InChI=1S/C21H26GeN3O.3H2O/c1-23(20-9-7-19(22)8-10-20)21(26)11-12-24-13-15-25(16-14-24)17-18-5-3-2-4-6-18;;;/h2-10H,11-17H2,1H3;3*1H2/q+3;;;/p-3. The zero-order chi connectivity index (χ0) is 18.4. The number of anilines is 1. The van der Waals surface area contributed by atoms with Crippen molar-refractivity contribution in [3.63, 3.8) is 0 Å². The molecule has 1 heterocycles. The van der Waals surface area contributed by atoms with E-state index in [1.54, 1.807) is 4.90 Å². The fourth-order valence-corrected chi connectivity index (χ4v) is 3.61. The fourth-order valence-electron chi connectivity index (χ4n) is 3.26. The number of benzene rings is 2. The number of hydrogen-bond acceptors (Lipinski definition) is 6. The Labute approximate surface area is 181 Å². The van der Waals surface area contributed by atoms with Crippen LogP contribution in [0.5, 0.6) is 0 Å². The van der Waals surface area contributed by atoms with Gasteiger partial charge in [0.05, 0.1) is 0 Å². The third-order valence-corrected chi connectivity index (χ3v) is 5.68. The Kier molecular flexibility index (Phi) is 12.7. The van der Waals surface area contributed by atoms with Crippen molar-refractivity contribution in [3.8, 4) is 0 Å². The van der Waals surface area contributed by atoms with Gasteiger partial charge >= 0.3 is 122 Å². The molecule has 2 aromatic rings. The summed E-state index contributed by atoms with van der Waals surface area (Å²) in [6.07, 6.45) is 0.572. The summed E-state index contributed by atoms with van der Waals surface area (Å²) < 4.78 is 1.21. The van der Waals surface area contributed by atoms with E-state index in [1.807, 2.05) is 31.3 Å². The molecule has 1 amide bonds. The van der Waals surface area contributed by atoms with Gasteiger partial charge in [0.1, 0.15) is 0 Å². The van der Waals surface area contributed by atoms with Gasteiger partial charge in [-0.05, 0) is 5.56 Å². The van der Waals surface area contributed by atoms with Crippen molar-refractivity contribution in [2.45, 2.75) is 13.0 Å². The topological polar surface area (TPSA) is 117 Å². The third-order valence-electron chi connectivity index (χ3n) is 4.98. The van der Waals surface area contributed by atoms with Gasteiger partial charge in [-0.3, -0.25) is 0 Å². The number of carbonyl (C=O) groups excluding carboxylic acids is 1. The van der Waals surface area contributed by atoms with Crippen molar-refractivity contribution < 1.29 is 21.2 Å². The summed E-state index contributed by atoms with van der Waals surface area (Å²) in [5, 5.41) is 0. The molecule has 2 aromatic carbocycles. The number of hydrogen-bond donors (Lipinski definition) is 0. The zero-order valence-corrected chi connectivity index (χ0v) is 18.8. The van der Waals surface area contributed by atoms with Crippen LogP contribution >= 0.6 is 0 Å². The van der Waals surface area contributed by atoms with Crippen LogP contribution in [-0.4, -0.2) is 88.4 Å². The Morgan fingerprint density at radius 2 is 1.45 bits per heavy atom. The normalized spacial score (nSPS) is 14.2. The smallest absolute Gasteiger partial charge is 0.870 e. The fraction of sp³-hybridized carbons (Fsp3) is 0.381. The van der Waals surface area contributed by atoms with Gasteiger partial charge < -0.3 is 16.4 Å². The van der Waals surface area contributed by atoms with Crippen LogP contribution in [0.3, 0.4) is 0 Å². The first-order chi connectivity index (χ1) is 12.6. The molecule has 0 unspecified atom stereocenters. The Hall–Kier alpha value is -1.75. The van der Waals surface area contributed by atoms with E-state index in [9.17, 15) is 4.79 Å². The summed E-state index contributed by atoms with van der Waals surface area (Å²) >= 11 is 2.06. The first-order valence-electron chi connectivity index (χ1n) is 9.19. The van der Waals surface area contributed by atoms with Crippen LogP contribution < -0.4 is 9.30 Å². The van der Waals surface area contributed by atoms with E-state index >= 15 is 0 Å². The van der Waals surface area contributed by atoms with Gasteiger partial charge in [0.15, 0.2) is 0 Å². The molecule has 1 fully saturated rings. The van der Waals surface area contributed by atoms with Crippen LogP contribution in [0.4, 0.5) is 5.69 Å². The number of carbonyl (C=O) groups is 1. The van der Waals surface area contributed by atoms with E-state index in [0.717, 1.165) is 45.0 Å². The molecule has 0 spiro atoms. The van der Waals surface area contributed by atoms with Crippen molar-refractivity contribution in [2.75, 3.05) is 44.7 Å². The van der Waals surface area contributed by atoms with Crippen LogP contribution in [0.2, 0.25) is 0 Å². The molecule has 0 atom stereocenters. The summed E-state index contributed by atoms with van der Waals surface area (Å²) in [4.78, 5) is 19.1. The largest absolute Gasteiger partial charge is 0.870 e.